The van der Waals surface area contributed by atoms with Crippen molar-refractivity contribution >= 4 is 5.82 Å². The van der Waals surface area contributed by atoms with E-state index in [2.05, 4.69) is 17.2 Å². The standard InChI is InChI=1S/C8H12N2/c1-2-6-9-8-5-3-4-7-10-8/h3-5,7H,2,6H2,1H3,(H,9,10). The lowest BCUT2D eigenvalue weighted by molar-refractivity contribution is 0.969. The van der Waals surface area contributed by atoms with Crippen LogP contribution in [0.4, 0.5) is 5.82 Å². The molecule has 1 heterocycles. The highest BCUT2D eigenvalue weighted by molar-refractivity contribution is 5.32. The lowest BCUT2D eigenvalue weighted by atomic mass is 10.4. The van der Waals surface area contributed by atoms with Crippen LogP contribution in [0.3, 0.4) is 0 Å². The fourth-order valence-electron chi connectivity index (χ4n) is 0.720. The first kappa shape index (κ1) is 7.06. The van der Waals surface area contributed by atoms with Crippen LogP contribution >= 0.6 is 0 Å². The zero-order valence-electron chi connectivity index (χ0n) is 6.17. The molecule has 0 unspecified atom stereocenters. The maximum absolute atomic E-state index is 4.11. The third-order valence-electron chi connectivity index (χ3n) is 1.22. The highest BCUT2D eigenvalue weighted by Gasteiger charge is 1.85. The van der Waals surface area contributed by atoms with Crippen molar-refractivity contribution in [2.24, 2.45) is 0 Å². The van der Waals surface area contributed by atoms with E-state index in [1.54, 1.807) is 6.20 Å². The van der Waals surface area contributed by atoms with Gasteiger partial charge in [0, 0.05) is 12.7 Å². The van der Waals surface area contributed by atoms with Gasteiger partial charge in [0.15, 0.2) is 0 Å². The largest absolute Gasteiger partial charge is 0.370 e. The second-order valence-corrected chi connectivity index (χ2v) is 2.14. The van der Waals surface area contributed by atoms with Gasteiger partial charge in [0.1, 0.15) is 5.82 Å². The number of nitrogens with zero attached hydrogens (tertiary/aromatic N) is 1. The second kappa shape index (κ2) is 3.88. The molecule has 1 rings (SSSR count). The molecule has 0 spiro atoms. The molecule has 0 aromatic carbocycles. The first-order valence-corrected chi connectivity index (χ1v) is 3.58. The van der Waals surface area contributed by atoms with Crippen molar-refractivity contribution in [3.63, 3.8) is 0 Å². The van der Waals surface area contributed by atoms with Gasteiger partial charge in [0.05, 0.1) is 0 Å². The number of pyridine rings is 1. The molecule has 54 valence electrons. The molecule has 0 aliphatic rings. The molecule has 0 bridgehead atoms. The van der Waals surface area contributed by atoms with Crippen LogP contribution in [-0.4, -0.2) is 11.5 Å². The summed E-state index contributed by atoms with van der Waals surface area (Å²) in [5.74, 6) is 0.962. The Balaban J connectivity index is 2.43. The molecule has 1 aromatic heterocycles. The molecule has 2 heteroatoms. The van der Waals surface area contributed by atoms with Gasteiger partial charge in [-0.25, -0.2) is 4.98 Å². The average Bonchev–Trinajstić information content (AvgIpc) is 2.03. The first-order valence-electron chi connectivity index (χ1n) is 3.58. The Hall–Kier alpha value is -1.05. The highest BCUT2D eigenvalue weighted by atomic mass is 15.0. The van der Waals surface area contributed by atoms with Crippen LogP contribution in [0.2, 0.25) is 0 Å². The number of hydrogen-bond donors (Lipinski definition) is 1. The SMILES string of the molecule is CCCNc1ccccn1. The Morgan fingerprint density at radius 1 is 1.50 bits per heavy atom. The summed E-state index contributed by atoms with van der Waals surface area (Å²) < 4.78 is 0. The smallest absolute Gasteiger partial charge is 0.125 e. The molecule has 1 N–H and O–H groups in total. The van der Waals surface area contributed by atoms with Gasteiger partial charge < -0.3 is 5.32 Å². The van der Waals surface area contributed by atoms with Crippen molar-refractivity contribution in [3.8, 4) is 0 Å². The Kier molecular flexibility index (Phi) is 2.74. The summed E-state index contributed by atoms with van der Waals surface area (Å²) in [6, 6.07) is 5.86. The van der Waals surface area contributed by atoms with Crippen LogP contribution in [0, 0.1) is 0 Å². The van der Waals surface area contributed by atoms with Gasteiger partial charge in [-0.1, -0.05) is 13.0 Å². The van der Waals surface area contributed by atoms with Crippen LogP contribution in [0.25, 0.3) is 0 Å². The number of hydrogen-bond acceptors (Lipinski definition) is 2. The van der Waals surface area contributed by atoms with Crippen LogP contribution in [-0.2, 0) is 0 Å². The summed E-state index contributed by atoms with van der Waals surface area (Å²) in [5, 5.41) is 3.18. The van der Waals surface area contributed by atoms with Crippen molar-refractivity contribution in [2.45, 2.75) is 13.3 Å². The minimum atomic E-state index is 0.962. The Morgan fingerprint density at radius 3 is 3.00 bits per heavy atom. The third kappa shape index (κ3) is 2.05. The monoisotopic (exact) mass is 136 g/mol. The predicted octanol–water partition coefficient (Wildman–Crippen LogP) is 1.90. The van der Waals surface area contributed by atoms with Gasteiger partial charge in [-0.3, -0.25) is 0 Å². The van der Waals surface area contributed by atoms with E-state index in [1.807, 2.05) is 18.2 Å². The van der Waals surface area contributed by atoms with Gasteiger partial charge >= 0.3 is 0 Å². The molecular formula is C8H12N2. The van der Waals surface area contributed by atoms with E-state index in [1.165, 1.54) is 0 Å². The van der Waals surface area contributed by atoms with Gasteiger partial charge in [-0.2, -0.15) is 0 Å². The molecule has 0 fully saturated rings. The van der Waals surface area contributed by atoms with E-state index in [0.717, 1.165) is 18.8 Å². The second-order valence-electron chi connectivity index (χ2n) is 2.14. The number of anilines is 1. The fourth-order valence-corrected chi connectivity index (χ4v) is 0.720. The maximum atomic E-state index is 4.11. The Labute approximate surface area is 61.3 Å². The topological polar surface area (TPSA) is 24.9 Å². The van der Waals surface area contributed by atoms with E-state index in [4.69, 9.17) is 0 Å². The van der Waals surface area contributed by atoms with E-state index in [-0.39, 0.29) is 0 Å². The fraction of sp³-hybridized carbons (Fsp3) is 0.375. The summed E-state index contributed by atoms with van der Waals surface area (Å²) in [6.07, 6.45) is 2.93. The van der Waals surface area contributed by atoms with E-state index in [9.17, 15) is 0 Å². The normalized spacial score (nSPS) is 9.30. The average molecular weight is 136 g/mol. The minimum absolute atomic E-state index is 0.962. The molecule has 0 aliphatic heterocycles. The zero-order chi connectivity index (χ0) is 7.23. The zero-order valence-corrected chi connectivity index (χ0v) is 6.17. The lowest BCUT2D eigenvalue weighted by Crippen LogP contribution is -2.00. The predicted molar refractivity (Wildman–Crippen MR) is 43.0 cm³/mol. The molecule has 0 aliphatic carbocycles. The van der Waals surface area contributed by atoms with Gasteiger partial charge in [0.2, 0.25) is 0 Å². The van der Waals surface area contributed by atoms with E-state index >= 15 is 0 Å². The van der Waals surface area contributed by atoms with E-state index in [0.29, 0.717) is 0 Å². The van der Waals surface area contributed by atoms with Crippen molar-refractivity contribution in [2.75, 3.05) is 11.9 Å². The first-order chi connectivity index (χ1) is 4.93. The summed E-state index contributed by atoms with van der Waals surface area (Å²) >= 11 is 0. The van der Waals surface area contributed by atoms with Crippen molar-refractivity contribution in [3.05, 3.63) is 24.4 Å². The van der Waals surface area contributed by atoms with Crippen LogP contribution in [0.15, 0.2) is 24.4 Å². The molecule has 2 nitrogen and oxygen atoms in total. The summed E-state index contributed by atoms with van der Waals surface area (Å²) in [5.41, 5.74) is 0. The summed E-state index contributed by atoms with van der Waals surface area (Å²) in [4.78, 5) is 4.11. The summed E-state index contributed by atoms with van der Waals surface area (Å²) in [6.45, 7) is 3.13. The molecule has 1 aromatic rings. The minimum Gasteiger partial charge on any atom is -0.370 e. The van der Waals surface area contributed by atoms with Gasteiger partial charge in [0.25, 0.3) is 0 Å². The van der Waals surface area contributed by atoms with Gasteiger partial charge in [-0.15, -0.1) is 0 Å². The molecule has 0 radical (unpaired) electrons. The lowest BCUT2D eigenvalue weighted by Gasteiger charge is -2.00. The Morgan fingerprint density at radius 2 is 2.40 bits per heavy atom. The van der Waals surface area contributed by atoms with E-state index < -0.39 is 0 Å². The number of nitrogens with one attached hydrogen (secondary N) is 1. The molecule has 0 atom stereocenters. The quantitative estimate of drug-likeness (QED) is 0.686. The van der Waals surface area contributed by atoms with Gasteiger partial charge in [-0.05, 0) is 18.6 Å². The van der Waals surface area contributed by atoms with Crippen LogP contribution in [0.5, 0.6) is 0 Å². The number of rotatable bonds is 3. The molecule has 0 saturated heterocycles. The van der Waals surface area contributed by atoms with Crippen molar-refractivity contribution < 1.29 is 0 Å². The highest BCUT2D eigenvalue weighted by Crippen LogP contribution is 1.98. The molecule has 0 saturated carbocycles. The van der Waals surface area contributed by atoms with Crippen molar-refractivity contribution in [1.29, 1.82) is 0 Å². The maximum Gasteiger partial charge on any atom is 0.125 e. The molecule has 10 heavy (non-hydrogen) atoms. The Bertz CT molecular complexity index is 172. The molecule has 0 amide bonds. The van der Waals surface area contributed by atoms with Crippen LogP contribution < -0.4 is 5.32 Å². The van der Waals surface area contributed by atoms with Crippen LogP contribution in [0.1, 0.15) is 13.3 Å². The molecular weight excluding hydrogens is 124 g/mol. The summed E-state index contributed by atoms with van der Waals surface area (Å²) in [7, 11) is 0. The van der Waals surface area contributed by atoms with Crippen molar-refractivity contribution in [1.82, 2.24) is 4.98 Å². The third-order valence-corrected chi connectivity index (χ3v) is 1.22. The number of aromatic nitrogens is 1.